The fourth-order valence-corrected chi connectivity index (χ4v) is 4.29. The number of benzene rings is 1. The number of ether oxygens (including phenoxy) is 2. The number of nitrogens with zero attached hydrogens (tertiary/aromatic N) is 5. The summed E-state index contributed by atoms with van der Waals surface area (Å²) in [5.74, 6) is 2.67. The zero-order chi connectivity index (χ0) is 21.8. The molecule has 0 aliphatic carbocycles. The van der Waals surface area contributed by atoms with Gasteiger partial charge in [-0.1, -0.05) is 5.16 Å². The molecule has 9 heteroatoms. The summed E-state index contributed by atoms with van der Waals surface area (Å²) in [6.07, 6.45) is 1.95. The Balaban J connectivity index is 1.37. The Kier molecular flexibility index (Phi) is 6.72. The van der Waals surface area contributed by atoms with Gasteiger partial charge in [-0.05, 0) is 44.6 Å². The number of likely N-dealkylation sites (tertiary alicyclic amines) is 1. The second kappa shape index (κ2) is 9.65. The van der Waals surface area contributed by atoms with E-state index < -0.39 is 0 Å². The average Bonchev–Trinajstić information content (AvgIpc) is 3.27. The van der Waals surface area contributed by atoms with Crippen molar-refractivity contribution in [2.24, 2.45) is 5.92 Å². The van der Waals surface area contributed by atoms with Crippen molar-refractivity contribution in [2.45, 2.75) is 19.4 Å². The monoisotopic (exact) mass is 429 g/mol. The number of likely N-dealkylation sites (N-methyl/N-ethyl adjacent to an activating group) is 1. The fraction of sp³-hybridized carbons (Fsp3) is 0.591. The molecule has 2 saturated heterocycles. The summed E-state index contributed by atoms with van der Waals surface area (Å²) in [6, 6.07) is 5.53. The zero-order valence-electron chi connectivity index (χ0n) is 18.5. The molecule has 2 aliphatic rings. The van der Waals surface area contributed by atoms with Gasteiger partial charge in [-0.3, -0.25) is 9.69 Å². The highest BCUT2D eigenvalue weighted by Gasteiger charge is 2.31. The molecule has 0 saturated carbocycles. The molecule has 0 spiro atoms. The van der Waals surface area contributed by atoms with Gasteiger partial charge < -0.3 is 23.8 Å². The fourth-order valence-electron chi connectivity index (χ4n) is 4.29. The Bertz CT molecular complexity index is 894. The molecule has 2 fully saturated rings. The van der Waals surface area contributed by atoms with Gasteiger partial charge in [-0.2, -0.15) is 4.98 Å². The highest BCUT2D eigenvalue weighted by Crippen LogP contribution is 2.31. The second-order valence-electron chi connectivity index (χ2n) is 8.28. The number of carbonyl (C=O) groups excluding carboxylic acids is 1. The van der Waals surface area contributed by atoms with E-state index in [4.69, 9.17) is 14.0 Å². The summed E-state index contributed by atoms with van der Waals surface area (Å²) in [6.45, 7) is 5.76. The molecule has 1 unspecified atom stereocenters. The van der Waals surface area contributed by atoms with Gasteiger partial charge in [0.15, 0.2) is 11.5 Å². The molecular weight excluding hydrogens is 398 g/mol. The number of rotatable bonds is 6. The number of piperazine rings is 1. The highest BCUT2D eigenvalue weighted by atomic mass is 16.5. The first-order valence-electron chi connectivity index (χ1n) is 10.8. The third kappa shape index (κ3) is 4.99. The smallest absolute Gasteiger partial charge is 0.241 e. The number of methoxy groups -OCH3 is 2. The Morgan fingerprint density at radius 2 is 1.90 bits per heavy atom. The maximum Gasteiger partial charge on any atom is 0.241 e. The van der Waals surface area contributed by atoms with Crippen molar-refractivity contribution in [3.8, 4) is 22.9 Å². The van der Waals surface area contributed by atoms with Gasteiger partial charge in [0.1, 0.15) is 0 Å². The van der Waals surface area contributed by atoms with E-state index in [2.05, 4.69) is 27.0 Å². The van der Waals surface area contributed by atoms with E-state index in [0.29, 0.717) is 29.8 Å². The molecule has 0 N–H and O–H groups in total. The van der Waals surface area contributed by atoms with E-state index in [0.717, 1.165) is 57.7 Å². The first kappa shape index (κ1) is 21.6. The predicted molar refractivity (Wildman–Crippen MR) is 115 cm³/mol. The van der Waals surface area contributed by atoms with Gasteiger partial charge in [0, 0.05) is 38.3 Å². The van der Waals surface area contributed by atoms with Crippen molar-refractivity contribution in [1.82, 2.24) is 24.8 Å². The minimum absolute atomic E-state index is 0.0467. The van der Waals surface area contributed by atoms with Crippen molar-refractivity contribution in [3.05, 3.63) is 24.1 Å². The summed E-state index contributed by atoms with van der Waals surface area (Å²) in [5, 5.41) is 4.13. The maximum atomic E-state index is 13.0. The van der Waals surface area contributed by atoms with Crippen LogP contribution in [0.5, 0.6) is 11.5 Å². The Hall–Kier alpha value is -2.65. The van der Waals surface area contributed by atoms with Crippen LogP contribution in [0.1, 0.15) is 18.7 Å². The first-order chi connectivity index (χ1) is 15.1. The van der Waals surface area contributed by atoms with Crippen molar-refractivity contribution < 1.29 is 18.8 Å². The lowest BCUT2D eigenvalue weighted by Gasteiger charge is -2.37. The summed E-state index contributed by atoms with van der Waals surface area (Å²) in [7, 11) is 5.30. The minimum atomic E-state index is 0.0467. The van der Waals surface area contributed by atoms with Crippen LogP contribution >= 0.6 is 0 Å². The Labute approximate surface area is 182 Å². The van der Waals surface area contributed by atoms with Crippen LogP contribution in [0.4, 0.5) is 0 Å². The quantitative estimate of drug-likeness (QED) is 0.687. The lowest BCUT2D eigenvalue weighted by molar-refractivity contribution is -0.139. The first-order valence-corrected chi connectivity index (χ1v) is 10.8. The van der Waals surface area contributed by atoms with Gasteiger partial charge in [0.05, 0.1) is 26.7 Å². The van der Waals surface area contributed by atoms with Crippen LogP contribution in [0.15, 0.2) is 22.7 Å². The lowest BCUT2D eigenvalue weighted by atomic mass is 9.96. The number of amides is 1. The van der Waals surface area contributed by atoms with E-state index in [1.807, 2.05) is 23.1 Å². The van der Waals surface area contributed by atoms with Crippen LogP contribution in [0.2, 0.25) is 0 Å². The molecule has 1 aromatic heterocycles. The third-order valence-corrected chi connectivity index (χ3v) is 6.14. The molecule has 1 aromatic carbocycles. The van der Waals surface area contributed by atoms with Gasteiger partial charge in [0.25, 0.3) is 0 Å². The molecule has 1 atom stereocenters. The minimum Gasteiger partial charge on any atom is -0.493 e. The van der Waals surface area contributed by atoms with Gasteiger partial charge >= 0.3 is 0 Å². The van der Waals surface area contributed by atoms with Crippen LogP contribution in [-0.4, -0.2) is 91.3 Å². The van der Waals surface area contributed by atoms with Crippen LogP contribution in [-0.2, 0) is 11.3 Å². The van der Waals surface area contributed by atoms with Crippen LogP contribution in [0.3, 0.4) is 0 Å². The van der Waals surface area contributed by atoms with E-state index in [1.165, 1.54) is 0 Å². The van der Waals surface area contributed by atoms with Gasteiger partial charge in [-0.25, -0.2) is 0 Å². The second-order valence-corrected chi connectivity index (χ2v) is 8.28. The SMILES string of the molecule is COc1ccc(-c2noc(CN3CCCC(C(=O)N4CCN(C)CC4)C3)n2)cc1OC. The summed E-state index contributed by atoms with van der Waals surface area (Å²) >= 11 is 0. The normalized spacial score (nSPS) is 20.6. The summed E-state index contributed by atoms with van der Waals surface area (Å²) < 4.78 is 16.1. The number of hydrogen-bond acceptors (Lipinski definition) is 8. The molecule has 4 rings (SSSR count). The van der Waals surface area contributed by atoms with Crippen molar-refractivity contribution in [1.29, 1.82) is 0 Å². The summed E-state index contributed by atoms with van der Waals surface area (Å²) in [4.78, 5) is 24.1. The van der Waals surface area contributed by atoms with E-state index >= 15 is 0 Å². The predicted octanol–water partition coefficient (Wildman–Crippen LogP) is 1.74. The van der Waals surface area contributed by atoms with Crippen molar-refractivity contribution >= 4 is 5.91 Å². The molecule has 31 heavy (non-hydrogen) atoms. The molecule has 168 valence electrons. The molecule has 0 bridgehead atoms. The molecule has 3 heterocycles. The van der Waals surface area contributed by atoms with Crippen molar-refractivity contribution in [2.75, 3.05) is 60.5 Å². The van der Waals surface area contributed by atoms with Crippen LogP contribution < -0.4 is 9.47 Å². The standard InChI is InChI=1S/C22H31N5O4/c1-25-9-11-27(12-10-25)22(28)17-5-4-8-26(14-17)15-20-23-21(24-31-20)16-6-7-18(29-2)19(13-16)30-3/h6-7,13,17H,4-5,8-12,14-15H2,1-3H3. The number of hydrogen-bond donors (Lipinski definition) is 0. The molecule has 2 aromatic rings. The molecular formula is C22H31N5O4. The average molecular weight is 430 g/mol. The highest BCUT2D eigenvalue weighted by molar-refractivity contribution is 5.79. The van der Waals surface area contributed by atoms with E-state index in [9.17, 15) is 4.79 Å². The number of aromatic nitrogens is 2. The molecule has 1 amide bonds. The lowest BCUT2D eigenvalue weighted by Crippen LogP contribution is -2.51. The molecule has 2 aliphatic heterocycles. The van der Waals surface area contributed by atoms with Crippen LogP contribution in [0.25, 0.3) is 11.4 Å². The zero-order valence-corrected chi connectivity index (χ0v) is 18.5. The van der Waals surface area contributed by atoms with Gasteiger partial charge in [-0.15, -0.1) is 0 Å². The molecule has 0 radical (unpaired) electrons. The van der Waals surface area contributed by atoms with Crippen molar-refractivity contribution in [3.63, 3.8) is 0 Å². The maximum absolute atomic E-state index is 13.0. The largest absolute Gasteiger partial charge is 0.493 e. The topological polar surface area (TPSA) is 84.2 Å². The van der Waals surface area contributed by atoms with E-state index in [-0.39, 0.29) is 11.8 Å². The van der Waals surface area contributed by atoms with Gasteiger partial charge in [0.2, 0.25) is 17.6 Å². The summed E-state index contributed by atoms with van der Waals surface area (Å²) in [5.41, 5.74) is 0.800. The Morgan fingerprint density at radius 3 is 2.65 bits per heavy atom. The Morgan fingerprint density at radius 1 is 1.13 bits per heavy atom. The van der Waals surface area contributed by atoms with Crippen LogP contribution in [0, 0.1) is 5.92 Å². The van der Waals surface area contributed by atoms with E-state index in [1.54, 1.807) is 14.2 Å². The molecule has 9 nitrogen and oxygen atoms in total. The number of piperidine rings is 1. The number of carbonyl (C=O) groups is 1. The third-order valence-electron chi connectivity index (χ3n) is 6.14.